The Morgan fingerprint density at radius 3 is 2.94 bits per heavy atom. The number of hydrogen-bond acceptors (Lipinski definition) is 1. The fraction of sp³-hybridized carbons (Fsp3) is 0.385. The number of rotatable bonds is 0. The van der Waals surface area contributed by atoms with E-state index in [1.807, 2.05) is 29.5 Å². The van der Waals surface area contributed by atoms with Crippen LogP contribution in [0.25, 0.3) is 5.65 Å². The standard InChI is InChI=1S/C13H15N2O/c1-9-5-3-8-12-14(2)11-7-4-6-10(11)13(16)15(9)12/h3,5,8H,4,6-7H2,1-2H3/q+1. The van der Waals surface area contributed by atoms with Gasteiger partial charge >= 0.3 is 5.56 Å². The maximum atomic E-state index is 12.3. The molecule has 3 heteroatoms. The topological polar surface area (TPSA) is 25.4 Å². The molecular formula is C13H15N2O+. The van der Waals surface area contributed by atoms with E-state index in [1.54, 1.807) is 0 Å². The number of aryl methyl sites for hydroxylation is 2. The summed E-state index contributed by atoms with van der Waals surface area (Å²) in [5.74, 6) is 0. The van der Waals surface area contributed by atoms with Crippen molar-refractivity contribution >= 4 is 5.65 Å². The van der Waals surface area contributed by atoms with E-state index in [-0.39, 0.29) is 5.56 Å². The van der Waals surface area contributed by atoms with Gasteiger partial charge in [0, 0.05) is 12.5 Å². The molecule has 0 N–H and O–H groups in total. The number of aromatic nitrogens is 2. The van der Waals surface area contributed by atoms with Crippen molar-refractivity contribution in [3.8, 4) is 0 Å². The summed E-state index contributed by atoms with van der Waals surface area (Å²) >= 11 is 0. The summed E-state index contributed by atoms with van der Waals surface area (Å²) in [6, 6.07) is 5.99. The quantitative estimate of drug-likeness (QED) is 0.600. The third kappa shape index (κ3) is 1.08. The molecule has 2 aromatic rings. The lowest BCUT2D eigenvalue weighted by Gasteiger charge is -2.05. The molecule has 0 bridgehead atoms. The van der Waals surface area contributed by atoms with Crippen LogP contribution in [-0.2, 0) is 19.9 Å². The minimum absolute atomic E-state index is 0.179. The van der Waals surface area contributed by atoms with Gasteiger partial charge < -0.3 is 0 Å². The third-order valence-electron chi connectivity index (χ3n) is 3.56. The highest BCUT2D eigenvalue weighted by molar-refractivity contribution is 5.37. The Bertz CT molecular complexity index is 640. The Balaban J connectivity index is 2.59. The van der Waals surface area contributed by atoms with Crippen molar-refractivity contribution in [2.45, 2.75) is 26.2 Å². The Hall–Kier alpha value is -1.64. The van der Waals surface area contributed by atoms with Crippen LogP contribution in [0.5, 0.6) is 0 Å². The largest absolute Gasteiger partial charge is 0.345 e. The van der Waals surface area contributed by atoms with Gasteiger partial charge in [-0.2, -0.15) is 4.40 Å². The first-order valence-electron chi connectivity index (χ1n) is 5.72. The van der Waals surface area contributed by atoms with Gasteiger partial charge in [-0.05, 0) is 25.8 Å². The van der Waals surface area contributed by atoms with Crippen molar-refractivity contribution in [2.24, 2.45) is 7.05 Å². The van der Waals surface area contributed by atoms with Crippen LogP contribution in [0.3, 0.4) is 0 Å². The van der Waals surface area contributed by atoms with Crippen LogP contribution in [0.1, 0.15) is 23.4 Å². The fourth-order valence-electron chi connectivity index (χ4n) is 2.73. The van der Waals surface area contributed by atoms with E-state index in [0.717, 1.165) is 36.2 Å². The van der Waals surface area contributed by atoms with Crippen molar-refractivity contribution in [1.29, 1.82) is 0 Å². The van der Waals surface area contributed by atoms with Gasteiger partial charge in [0.05, 0.1) is 12.6 Å². The molecule has 16 heavy (non-hydrogen) atoms. The van der Waals surface area contributed by atoms with Crippen molar-refractivity contribution in [3.05, 3.63) is 45.5 Å². The zero-order chi connectivity index (χ0) is 11.3. The SMILES string of the molecule is Cc1cccc2n1c(=O)c1c([n+]2C)CCC1. The van der Waals surface area contributed by atoms with E-state index in [4.69, 9.17) is 0 Å². The second-order valence-corrected chi connectivity index (χ2v) is 4.50. The van der Waals surface area contributed by atoms with Crippen LogP contribution in [-0.4, -0.2) is 4.40 Å². The van der Waals surface area contributed by atoms with Gasteiger partial charge in [-0.1, -0.05) is 6.07 Å². The fourth-order valence-corrected chi connectivity index (χ4v) is 2.73. The van der Waals surface area contributed by atoms with Gasteiger partial charge in [-0.3, -0.25) is 0 Å². The van der Waals surface area contributed by atoms with E-state index in [1.165, 1.54) is 5.69 Å². The van der Waals surface area contributed by atoms with Crippen LogP contribution in [0.15, 0.2) is 23.0 Å². The van der Waals surface area contributed by atoms with Crippen LogP contribution in [0.4, 0.5) is 0 Å². The zero-order valence-electron chi connectivity index (χ0n) is 9.66. The van der Waals surface area contributed by atoms with Gasteiger partial charge in [0.1, 0.15) is 11.4 Å². The minimum atomic E-state index is 0.179. The molecule has 0 atom stereocenters. The highest BCUT2D eigenvalue weighted by Crippen LogP contribution is 2.15. The molecule has 0 aliphatic heterocycles. The number of pyridine rings is 1. The normalized spacial score (nSPS) is 14.4. The minimum Gasteiger partial charge on any atom is -0.241 e. The van der Waals surface area contributed by atoms with E-state index < -0.39 is 0 Å². The lowest BCUT2D eigenvalue weighted by molar-refractivity contribution is -0.656. The van der Waals surface area contributed by atoms with E-state index in [2.05, 4.69) is 11.6 Å². The summed E-state index contributed by atoms with van der Waals surface area (Å²) in [5.41, 5.74) is 4.40. The van der Waals surface area contributed by atoms with Crippen molar-refractivity contribution in [3.63, 3.8) is 0 Å². The number of fused-ring (bicyclic) bond motifs is 2. The molecule has 0 aromatic carbocycles. The molecule has 82 valence electrons. The van der Waals surface area contributed by atoms with Crippen LogP contribution < -0.4 is 10.1 Å². The Labute approximate surface area is 94.0 Å². The molecule has 3 nitrogen and oxygen atoms in total. The Kier molecular flexibility index (Phi) is 1.90. The molecule has 2 aromatic heterocycles. The van der Waals surface area contributed by atoms with Gasteiger partial charge in [0.25, 0.3) is 5.65 Å². The molecule has 0 saturated heterocycles. The number of nitrogens with zero attached hydrogens (tertiary/aromatic N) is 2. The van der Waals surface area contributed by atoms with E-state index >= 15 is 0 Å². The zero-order valence-corrected chi connectivity index (χ0v) is 9.66. The average molecular weight is 215 g/mol. The summed E-state index contributed by atoms with van der Waals surface area (Å²) in [6.07, 6.45) is 3.07. The second kappa shape index (κ2) is 3.17. The molecule has 0 amide bonds. The first kappa shape index (κ1) is 9.58. The van der Waals surface area contributed by atoms with Crippen LogP contribution in [0, 0.1) is 6.92 Å². The van der Waals surface area contributed by atoms with Crippen LogP contribution >= 0.6 is 0 Å². The summed E-state index contributed by atoms with van der Waals surface area (Å²) < 4.78 is 3.99. The predicted octanol–water partition coefficient (Wildman–Crippen LogP) is 0.921. The van der Waals surface area contributed by atoms with E-state index in [0.29, 0.717) is 0 Å². The van der Waals surface area contributed by atoms with E-state index in [9.17, 15) is 4.79 Å². The average Bonchev–Trinajstić information content (AvgIpc) is 2.75. The first-order valence-corrected chi connectivity index (χ1v) is 5.72. The molecule has 2 heterocycles. The molecule has 0 spiro atoms. The van der Waals surface area contributed by atoms with Crippen LogP contribution in [0.2, 0.25) is 0 Å². The summed E-state index contributed by atoms with van der Waals surface area (Å²) in [5, 5.41) is 0. The summed E-state index contributed by atoms with van der Waals surface area (Å²) in [4.78, 5) is 12.3. The lowest BCUT2D eigenvalue weighted by atomic mass is 10.2. The molecule has 0 unspecified atom stereocenters. The molecule has 1 aliphatic carbocycles. The number of hydrogen-bond donors (Lipinski definition) is 0. The molecule has 0 saturated carbocycles. The monoisotopic (exact) mass is 215 g/mol. The van der Waals surface area contributed by atoms with Gasteiger partial charge in [0.2, 0.25) is 0 Å². The molecule has 0 fully saturated rings. The maximum Gasteiger partial charge on any atom is 0.345 e. The smallest absolute Gasteiger partial charge is 0.241 e. The maximum absolute atomic E-state index is 12.3. The molecular weight excluding hydrogens is 200 g/mol. The molecule has 1 aliphatic rings. The highest BCUT2D eigenvalue weighted by Gasteiger charge is 2.26. The highest BCUT2D eigenvalue weighted by atomic mass is 16.1. The van der Waals surface area contributed by atoms with Gasteiger partial charge in [-0.15, -0.1) is 0 Å². The van der Waals surface area contributed by atoms with Crippen molar-refractivity contribution in [1.82, 2.24) is 4.40 Å². The van der Waals surface area contributed by atoms with Crippen molar-refractivity contribution in [2.75, 3.05) is 0 Å². The molecule has 0 radical (unpaired) electrons. The predicted molar refractivity (Wildman–Crippen MR) is 61.6 cm³/mol. The second-order valence-electron chi connectivity index (χ2n) is 4.50. The van der Waals surface area contributed by atoms with Gasteiger partial charge in [0.15, 0.2) is 0 Å². The van der Waals surface area contributed by atoms with Crippen molar-refractivity contribution < 1.29 is 4.57 Å². The first-order chi connectivity index (χ1) is 7.70. The third-order valence-corrected chi connectivity index (χ3v) is 3.56. The Morgan fingerprint density at radius 2 is 2.12 bits per heavy atom. The Morgan fingerprint density at radius 1 is 1.31 bits per heavy atom. The summed E-state index contributed by atoms with van der Waals surface area (Å²) in [6.45, 7) is 1.98. The summed E-state index contributed by atoms with van der Waals surface area (Å²) in [7, 11) is 2.05. The van der Waals surface area contributed by atoms with Gasteiger partial charge in [-0.25, -0.2) is 9.36 Å². The molecule has 3 rings (SSSR count). The lowest BCUT2D eigenvalue weighted by Crippen LogP contribution is -2.41.